The number of carboxylic acids is 1. The molecule has 1 fully saturated rings. The summed E-state index contributed by atoms with van der Waals surface area (Å²) in [6.07, 6.45) is 3.68. The summed E-state index contributed by atoms with van der Waals surface area (Å²) in [7, 11) is 0. The summed E-state index contributed by atoms with van der Waals surface area (Å²) in [6, 6.07) is 1.61. The Labute approximate surface area is 94.9 Å². The fraction of sp³-hybridized carbons (Fsp3) is 0.583. The van der Waals surface area contributed by atoms with Gasteiger partial charge in [0.15, 0.2) is 0 Å². The molecule has 1 N–H and O–H groups in total. The second kappa shape index (κ2) is 3.94. The van der Waals surface area contributed by atoms with E-state index in [0.29, 0.717) is 6.54 Å². The van der Waals surface area contributed by atoms with Crippen molar-refractivity contribution in [1.82, 2.24) is 4.90 Å². The van der Waals surface area contributed by atoms with E-state index in [-0.39, 0.29) is 11.1 Å². The normalized spacial score (nSPS) is 20.1. The van der Waals surface area contributed by atoms with Crippen LogP contribution in [0.3, 0.4) is 0 Å². The minimum atomic E-state index is -0.935. The average molecular weight is 223 g/mol. The standard InChI is InChI=1S/C12H17NO3/c1-12(2)4-3-5-13(12)7-10-6-9(8-16-10)11(14)15/h6,8H,3-5,7H2,1-2H3,(H,14,15). The molecule has 16 heavy (non-hydrogen) atoms. The van der Waals surface area contributed by atoms with Crippen molar-refractivity contribution in [1.29, 1.82) is 0 Å². The van der Waals surface area contributed by atoms with Crippen LogP contribution in [-0.2, 0) is 6.54 Å². The number of aromatic carboxylic acids is 1. The second-order valence-corrected chi connectivity index (χ2v) is 4.94. The zero-order valence-corrected chi connectivity index (χ0v) is 9.69. The Morgan fingerprint density at radius 3 is 2.88 bits per heavy atom. The van der Waals surface area contributed by atoms with Gasteiger partial charge < -0.3 is 9.52 Å². The Bertz CT molecular complexity index is 395. The smallest absolute Gasteiger partial charge is 0.338 e. The van der Waals surface area contributed by atoms with Gasteiger partial charge in [0, 0.05) is 5.54 Å². The summed E-state index contributed by atoms with van der Waals surface area (Å²) in [6.45, 7) is 6.17. The van der Waals surface area contributed by atoms with E-state index in [2.05, 4.69) is 18.7 Å². The first-order valence-electron chi connectivity index (χ1n) is 5.55. The molecule has 0 aromatic carbocycles. The molecule has 0 aliphatic carbocycles. The molecule has 1 aromatic rings. The number of furan rings is 1. The maximum atomic E-state index is 10.7. The molecule has 0 spiro atoms. The molecule has 1 aromatic heterocycles. The van der Waals surface area contributed by atoms with E-state index in [9.17, 15) is 4.79 Å². The van der Waals surface area contributed by atoms with Gasteiger partial charge in [-0.05, 0) is 39.3 Å². The van der Waals surface area contributed by atoms with Crippen LogP contribution >= 0.6 is 0 Å². The molecular weight excluding hydrogens is 206 g/mol. The highest BCUT2D eigenvalue weighted by Gasteiger charge is 2.32. The van der Waals surface area contributed by atoms with Gasteiger partial charge in [0.1, 0.15) is 12.0 Å². The summed E-state index contributed by atoms with van der Waals surface area (Å²) in [4.78, 5) is 13.0. The van der Waals surface area contributed by atoms with Crippen molar-refractivity contribution < 1.29 is 14.3 Å². The second-order valence-electron chi connectivity index (χ2n) is 4.94. The number of hydrogen-bond acceptors (Lipinski definition) is 3. The maximum Gasteiger partial charge on any atom is 0.338 e. The fourth-order valence-corrected chi connectivity index (χ4v) is 2.22. The number of likely N-dealkylation sites (tertiary alicyclic amines) is 1. The summed E-state index contributed by atoms with van der Waals surface area (Å²) in [5, 5.41) is 8.79. The topological polar surface area (TPSA) is 53.7 Å². The number of hydrogen-bond donors (Lipinski definition) is 1. The highest BCUT2D eigenvalue weighted by atomic mass is 16.4. The van der Waals surface area contributed by atoms with E-state index >= 15 is 0 Å². The number of carbonyl (C=O) groups is 1. The van der Waals surface area contributed by atoms with Crippen molar-refractivity contribution in [3.63, 3.8) is 0 Å². The van der Waals surface area contributed by atoms with E-state index < -0.39 is 5.97 Å². The van der Waals surface area contributed by atoms with Crippen molar-refractivity contribution >= 4 is 5.97 Å². The highest BCUT2D eigenvalue weighted by Crippen LogP contribution is 2.29. The van der Waals surface area contributed by atoms with Crippen LogP contribution < -0.4 is 0 Å². The van der Waals surface area contributed by atoms with E-state index in [1.54, 1.807) is 6.07 Å². The quantitative estimate of drug-likeness (QED) is 0.854. The lowest BCUT2D eigenvalue weighted by Gasteiger charge is -2.30. The third-order valence-corrected chi connectivity index (χ3v) is 3.32. The molecular formula is C12H17NO3. The van der Waals surface area contributed by atoms with Crippen LogP contribution in [0.15, 0.2) is 16.7 Å². The molecule has 4 heteroatoms. The van der Waals surface area contributed by atoms with E-state index in [1.807, 2.05) is 0 Å². The van der Waals surface area contributed by atoms with Gasteiger partial charge in [-0.25, -0.2) is 4.79 Å². The van der Waals surface area contributed by atoms with Crippen LogP contribution in [0.4, 0.5) is 0 Å². The van der Waals surface area contributed by atoms with Gasteiger partial charge in [-0.15, -0.1) is 0 Å². The Balaban J connectivity index is 2.06. The fourth-order valence-electron chi connectivity index (χ4n) is 2.22. The Morgan fingerprint density at radius 2 is 2.38 bits per heavy atom. The van der Waals surface area contributed by atoms with E-state index in [0.717, 1.165) is 12.3 Å². The lowest BCUT2D eigenvalue weighted by atomic mass is 10.0. The Kier molecular flexibility index (Phi) is 2.76. The number of carboxylic acid groups (broad SMARTS) is 1. The van der Waals surface area contributed by atoms with Crippen LogP contribution in [0.2, 0.25) is 0 Å². The lowest BCUT2D eigenvalue weighted by molar-refractivity contribution is 0.0696. The van der Waals surface area contributed by atoms with Gasteiger partial charge in [-0.2, -0.15) is 0 Å². The number of rotatable bonds is 3. The van der Waals surface area contributed by atoms with Gasteiger partial charge in [0.25, 0.3) is 0 Å². The molecule has 88 valence electrons. The van der Waals surface area contributed by atoms with Gasteiger partial charge in [0.05, 0.1) is 12.1 Å². The molecule has 0 atom stereocenters. The largest absolute Gasteiger partial charge is 0.478 e. The maximum absolute atomic E-state index is 10.7. The first-order chi connectivity index (χ1) is 7.49. The van der Waals surface area contributed by atoms with E-state index in [4.69, 9.17) is 9.52 Å². The monoisotopic (exact) mass is 223 g/mol. The molecule has 0 unspecified atom stereocenters. The van der Waals surface area contributed by atoms with Crippen LogP contribution in [0, 0.1) is 0 Å². The highest BCUT2D eigenvalue weighted by molar-refractivity contribution is 5.87. The van der Waals surface area contributed by atoms with Gasteiger partial charge in [-0.1, -0.05) is 0 Å². The number of nitrogens with zero attached hydrogens (tertiary/aromatic N) is 1. The summed E-state index contributed by atoms with van der Waals surface area (Å²) >= 11 is 0. The third kappa shape index (κ3) is 2.11. The molecule has 2 heterocycles. The van der Waals surface area contributed by atoms with Gasteiger partial charge in [0.2, 0.25) is 0 Å². The summed E-state index contributed by atoms with van der Waals surface area (Å²) in [5.41, 5.74) is 0.419. The molecule has 1 aliphatic rings. The molecule has 0 saturated carbocycles. The molecule has 0 bridgehead atoms. The molecule has 0 radical (unpaired) electrons. The zero-order chi connectivity index (χ0) is 11.8. The van der Waals surface area contributed by atoms with Crippen LogP contribution in [-0.4, -0.2) is 28.1 Å². The SMILES string of the molecule is CC1(C)CCCN1Cc1cc(C(=O)O)co1. The molecule has 0 amide bonds. The zero-order valence-electron chi connectivity index (χ0n) is 9.69. The minimum absolute atomic E-state index is 0.191. The first kappa shape index (κ1) is 11.2. The predicted molar refractivity (Wildman–Crippen MR) is 59.4 cm³/mol. The lowest BCUT2D eigenvalue weighted by Crippen LogP contribution is -2.37. The molecule has 1 aliphatic heterocycles. The molecule has 4 nitrogen and oxygen atoms in total. The minimum Gasteiger partial charge on any atom is -0.478 e. The summed E-state index contributed by atoms with van der Waals surface area (Å²) in [5.74, 6) is -0.206. The third-order valence-electron chi connectivity index (χ3n) is 3.32. The Hall–Kier alpha value is -1.29. The van der Waals surface area contributed by atoms with Crippen LogP contribution in [0.5, 0.6) is 0 Å². The summed E-state index contributed by atoms with van der Waals surface area (Å²) < 4.78 is 5.26. The van der Waals surface area contributed by atoms with E-state index in [1.165, 1.54) is 19.1 Å². The van der Waals surface area contributed by atoms with Crippen molar-refractivity contribution in [2.75, 3.05) is 6.54 Å². The van der Waals surface area contributed by atoms with Gasteiger partial charge >= 0.3 is 5.97 Å². The van der Waals surface area contributed by atoms with Gasteiger partial charge in [-0.3, -0.25) is 4.90 Å². The molecule has 1 saturated heterocycles. The van der Waals surface area contributed by atoms with Crippen molar-refractivity contribution in [2.45, 2.75) is 38.8 Å². The van der Waals surface area contributed by atoms with Crippen molar-refractivity contribution in [2.24, 2.45) is 0 Å². The first-order valence-corrected chi connectivity index (χ1v) is 5.55. The van der Waals surface area contributed by atoms with Crippen molar-refractivity contribution in [3.8, 4) is 0 Å². The van der Waals surface area contributed by atoms with Crippen LogP contribution in [0.25, 0.3) is 0 Å². The Morgan fingerprint density at radius 1 is 1.62 bits per heavy atom. The van der Waals surface area contributed by atoms with Crippen molar-refractivity contribution in [3.05, 3.63) is 23.7 Å². The predicted octanol–water partition coefficient (Wildman–Crippen LogP) is 2.35. The van der Waals surface area contributed by atoms with Crippen LogP contribution in [0.1, 0.15) is 42.8 Å². The molecule has 2 rings (SSSR count). The average Bonchev–Trinajstić information content (AvgIpc) is 2.75.